The molecule has 0 fully saturated rings. The molecule has 14 heavy (non-hydrogen) atoms. The van der Waals surface area contributed by atoms with Crippen molar-refractivity contribution >= 4 is 24.2 Å². The van der Waals surface area contributed by atoms with Crippen molar-refractivity contribution in [2.75, 3.05) is 0 Å². The summed E-state index contributed by atoms with van der Waals surface area (Å²) in [5.74, 6) is 0.918. The molecule has 1 aromatic rings. The Bertz CT molecular complexity index is 322. The molecule has 0 aliphatic heterocycles. The molecular weight excluding hydrogens is 258 g/mol. The molecule has 0 saturated carbocycles. The molecule has 0 radical (unpaired) electrons. The first kappa shape index (κ1) is 11.7. The van der Waals surface area contributed by atoms with Gasteiger partial charge < -0.3 is 10.2 Å². The van der Waals surface area contributed by atoms with E-state index in [0.717, 1.165) is 15.8 Å². The van der Waals surface area contributed by atoms with Gasteiger partial charge in [-0.3, -0.25) is 0 Å². The minimum Gasteiger partial charge on any atom is -0.544 e. The van der Waals surface area contributed by atoms with E-state index in [1.165, 1.54) is 0 Å². The molecule has 0 aliphatic rings. The maximum atomic E-state index is 5.93. The lowest BCUT2D eigenvalue weighted by Crippen LogP contribution is -2.30. The molecule has 1 rings (SSSR count). The Hall–Kier alpha value is -0.323. The molecule has 78 valence electrons. The minimum atomic E-state index is -1.55. The molecule has 0 spiro atoms. The van der Waals surface area contributed by atoms with E-state index in [1.807, 2.05) is 18.2 Å². The molecule has 2 nitrogen and oxygen atoms in total. The van der Waals surface area contributed by atoms with Crippen LogP contribution in [0.15, 0.2) is 22.7 Å². The second-order valence-corrected chi connectivity index (χ2v) is 9.52. The van der Waals surface area contributed by atoms with Crippen LogP contribution in [0.25, 0.3) is 0 Å². The van der Waals surface area contributed by atoms with Crippen molar-refractivity contribution in [1.29, 1.82) is 0 Å². The molecule has 0 aliphatic carbocycles. The second-order valence-electron chi connectivity index (χ2n) is 4.17. The lowest BCUT2D eigenvalue weighted by atomic mass is 10.2. The van der Waals surface area contributed by atoms with E-state index in [2.05, 4.69) is 35.6 Å². The zero-order chi connectivity index (χ0) is 10.8. The predicted octanol–water partition coefficient (Wildman–Crippen LogP) is 3.12. The Kier molecular flexibility index (Phi) is 3.75. The SMILES string of the molecule is C[Si](C)(C)Oc1cc(Br)ccc1CN. The highest BCUT2D eigenvalue weighted by Crippen LogP contribution is 2.25. The highest BCUT2D eigenvalue weighted by Gasteiger charge is 2.17. The van der Waals surface area contributed by atoms with Crippen molar-refractivity contribution in [2.45, 2.75) is 26.2 Å². The zero-order valence-electron chi connectivity index (χ0n) is 8.80. The van der Waals surface area contributed by atoms with Gasteiger partial charge >= 0.3 is 0 Å². The fourth-order valence-electron chi connectivity index (χ4n) is 1.12. The van der Waals surface area contributed by atoms with Crippen molar-refractivity contribution in [3.63, 3.8) is 0 Å². The molecule has 2 N–H and O–H groups in total. The Labute approximate surface area is 94.7 Å². The zero-order valence-corrected chi connectivity index (χ0v) is 11.4. The first-order chi connectivity index (χ1) is 6.42. The van der Waals surface area contributed by atoms with E-state index in [9.17, 15) is 0 Å². The van der Waals surface area contributed by atoms with E-state index in [0.29, 0.717) is 6.54 Å². The number of halogens is 1. The molecule has 0 heterocycles. The van der Waals surface area contributed by atoms with Gasteiger partial charge in [-0.25, -0.2) is 0 Å². The van der Waals surface area contributed by atoms with Gasteiger partial charge in [0.1, 0.15) is 5.75 Å². The second kappa shape index (κ2) is 4.46. The summed E-state index contributed by atoms with van der Waals surface area (Å²) in [5, 5.41) is 0. The molecular formula is C10H16BrNOSi. The highest BCUT2D eigenvalue weighted by atomic mass is 79.9. The standard InChI is InChI=1S/C10H16BrNOSi/c1-14(2,3)13-10-6-9(11)5-4-8(10)7-12/h4-6H,7,12H2,1-3H3. The largest absolute Gasteiger partial charge is 0.544 e. The van der Waals surface area contributed by atoms with Crippen LogP contribution in [0.3, 0.4) is 0 Å². The van der Waals surface area contributed by atoms with E-state index in [4.69, 9.17) is 10.2 Å². The maximum Gasteiger partial charge on any atom is 0.242 e. The Morgan fingerprint density at radius 1 is 1.36 bits per heavy atom. The van der Waals surface area contributed by atoms with Crippen molar-refractivity contribution in [3.05, 3.63) is 28.2 Å². The molecule has 0 aromatic heterocycles. The van der Waals surface area contributed by atoms with Crippen molar-refractivity contribution in [1.82, 2.24) is 0 Å². The van der Waals surface area contributed by atoms with Crippen LogP contribution in [0.4, 0.5) is 0 Å². The van der Waals surface area contributed by atoms with E-state index in [1.54, 1.807) is 0 Å². The average molecular weight is 274 g/mol. The summed E-state index contributed by atoms with van der Waals surface area (Å²) in [7, 11) is -1.55. The van der Waals surface area contributed by atoms with Gasteiger partial charge in [0.25, 0.3) is 0 Å². The molecule has 0 atom stereocenters. The van der Waals surface area contributed by atoms with Crippen LogP contribution in [0.1, 0.15) is 5.56 Å². The van der Waals surface area contributed by atoms with Gasteiger partial charge in [-0.1, -0.05) is 22.0 Å². The fourth-order valence-corrected chi connectivity index (χ4v) is 2.31. The fraction of sp³-hybridized carbons (Fsp3) is 0.400. The highest BCUT2D eigenvalue weighted by molar-refractivity contribution is 9.10. The topological polar surface area (TPSA) is 35.2 Å². The Morgan fingerprint density at radius 3 is 2.50 bits per heavy atom. The summed E-state index contributed by atoms with van der Waals surface area (Å²) >= 11 is 3.43. The summed E-state index contributed by atoms with van der Waals surface area (Å²) in [6.45, 7) is 7.00. The summed E-state index contributed by atoms with van der Waals surface area (Å²) in [4.78, 5) is 0. The summed E-state index contributed by atoms with van der Waals surface area (Å²) in [6, 6.07) is 5.97. The van der Waals surface area contributed by atoms with Gasteiger partial charge in [-0.15, -0.1) is 0 Å². The lowest BCUT2D eigenvalue weighted by molar-refractivity contribution is 0.549. The summed E-state index contributed by atoms with van der Waals surface area (Å²) < 4.78 is 6.96. The smallest absolute Gasteiger partial charge is 0.242 e. The van der Waals surface area contributed by atoms with Gasteiger partial charge in [0.15, 0.2) is 0 Å². The van der Waals surface area contributed by atoms with Crippen LogP contribution in [0, 0.1) is 0 Å². The number of hydrogen-bond donors (Lipinski definition) is 1. The van der Waals surface area contributed by atoms with Gasteiger partial charge in [-0.05, 0) is 31.8 Å². The van der Waals surface area contributed by atoms with Gasteiger partial charge in [0, 0.05) is 16.6 Å². The average Bonchev–Trinajstić information content (AvgIpc) is 2.01. The Balaban J connectivity index is 2.99. The molecule has 1 aromatic carbocycles. The van der Waals surface area contributed by atoms with Crippen LogP contribution in [0.2, 0.25) is 19.6 Å². The molecule has 0 bridgehead atoms. The maximum absolute atomic E-state index is 5.93. The normalized spacial score (nSPS) is 11.5. The van der Waals surface area contributed by atoms with Crippen LogP contribution in [-0.2, 0) is 6.54 Å². The van der Waals surface area contributed by atoms with Crippen LogP contribution in [-0.4, -0.2) is 8.32 Å². The first-order valence-corrected chi connectivity index (χ1v) is 8.80. The molecule has 0 amide bonds. The van der Waals surface area contributed by atoms with Crippen molar-refractivity contribution in [3.8, 4) is 5.75 Å². The van der Waals surface area contributed by atoms with Crippen molar-refractivity contribution < 1.29 is 4.43 Å². The number of benzene rings is 1. The number of rotatable bonds is 3. The molecule has 0 saturated heterocycles. The predicted molar refractivity (Wildman–Crippen MR) is 66.0 cm³/mol. The van der Waals surface area contributed by atoms with E-state index < -0.39 is 8.32 Å². The van der Waals surface area contributed by atoms with E-state index in [-0.39, 0.29) is 0 Å². The monoisotopic (exact) mass is 273 g/mol. The summed E-state index contributed by atoms with van der Waals surface area (Å²) in [6.07, 6.45) is 0. The minimum absolute atomic E-state index is 0.521. The third kappa shape index (κ3) is 3.44. The van der Waals surface area contributed by atoms with Crippen molar-refractivity contribution in [2.24, 2.45) is 5.73 Å². The Morgan fingerprint density at radius 2 is 2.00 bits per heavy atom. The van der Waals surface area contributed by atoms with Crippen LogP contribution >= 0.6 is 15.9 Å². The van der Waals surface area contributed by atoms with Crippen LogP contribution in [0.5, 0.6) is 5.75 Å². The number of hydrogen-bond acceptors (Lipinski definition) is 2. The number of nitrogens with two attached hydrogens (primary N) is 1. The summed E-state index contributed by atoms with van der Waals surface area (Å²) in [5.41, 5.74) is 6.71. The third-order valence-corrected chi connectivity index (χ3v) is 2.99. The van der Waals surface area contributed by atoms with Crippen LogP contribution < -0.4 is 10.2 Å². The van der Waals surface area contributed by atoms with E-state index >= 15 is 0 Å². The van der Waals surface area contributed by atoms with Gasteiger partial charge in [0.05, 0.1) is 0 Å². The molecule has 4 heteroatoms. The third-order valence-electron chi connectivity index (χ3n) is 1.67. The molecule has 0 unspecified atom stereocenters. The lowest BCUT2D eigenvalue weighted by Gasteiger charge is -2.21. The van der Waals surface area contributed by atoms with Gasteiger partial charge in [0.2, 0.25) is 8.32 Å². The van der Waals surface area contributed by atoms with Gasteiger partial charge in [-0.2, -0.15) is 0 Å². The quantitative estimate of drug-likeness (QED) is 0.859. The first-order valence-electron chi connectivity index (χ1n) is 4.60.